The minimum Gasteiger partial charge on any atom is -0.480 e. The van der Waals surface area contributed by atoms with Gasteiger partial charge < -0.3 is 10.0 Å². The number of hydrogen-bond donors (Lipinski definition) is 2. The molecule has 164 valence electrons. The lowest BCUT2D eigenvalue weighted by Crippen LogP contribution is -2.33. The number of anilines is 2. The number of rotatable bonds is 5. The van der Waals surface area contributed by atoms with Crippen LogP contribution < -0.4 is 4.90 Å². The van der Waals surface area contributed by atoms with Crippen molar-refractivity contribution in [2.24, 2.45) is 0 Å². The molecule has 5 rings (SSSR count). The van der Waals surface area contributed by atoms with E-state index in [1.165, 1.54) is 28.9 Å². The summed E-state index contributed by atoms with van der Waals surface area (Å²) < 4.78 is 0.288. The highest BCUT2D eigenvalue weighted by Crippen LogP contribution is 2.52. The normalized spacial score (nSPS) is 23.2. The molecule has 0 radical (unpaired) electrons. The van der Waals surface area contributed by atoms with Crippen LogP contribution in [0.3, 0.4) is 0 Å². The van der Waals surface area contributed by atoms with Crippen molar-refractivity contribution in [1.29, 1.82) is 0 Å². The zero-order valence-electron chi connectivity index (χ0n) is 17.2. The zero-order chi connectivity index (χ0) is 22.4. The third kappa shape index (κ3) is 3.74. The SMILES string of the molecule is O=C(O)CN1C(=O)/C(=C\c2ccc3c(c2)C2CCCC2N3c2ccc(CS)cc2)SC1=S. The molecule has 1 aliphatic carbocycles. The van der Waals surface area contributed by atoms with E-state index in [2.05, 4.69) is 53.9 Å². The number of nitrogens with zero attached hydrogens (tertiary/aromatic N) is 2. The Morgan fingerprint density at radius 1 is 1.22 bits per heavy atom. The summed E-state index contributed by atoms with van der Waals surface area (Å²) in [4.78, 5) is 27.7. The maximum absolute atomic E-state index is 12.6. The van der Waals surface area contributed by atoms with Crippen molar-refractivity contribution in [2.45, 2.75) is 37.0 Å². The molecule has 8 heteroatoms. The number of hydrogen-bond acceptors (Lipinski definition) is 6. The number of thioether (sulfide) groups is 1. The molecule has 2 aromatic carbocycles. The molecule has 0 bridgehead atoms. The number of carbonyl (C=O) groups excluding carboxylic acids is 1. The number of carboxylic acids is 1. The smallest absolute Gasteiger partial charge is 0.323 e. The van der Waals surface area contributed by atoms with Crippen LogP contribution in [0, 0.1) is 0 Å². The molecule has 1 amide bonds. The first-order valence-electron chi connectivity index (χ1n) is 10.6. The summed E-state index contributed by atoms with van der Waals surface area (Å²) in [6, 6.07) is 15.4. The highest BCUT2D eigenvalue weighted by Gasteiger charge is 2.42. The molecule has 32 heavy (non-hydrogen) atoms. The van der Waals surface area contributed by atoms with E-state index in [0.29, 0.717) is 16.9 Å². The molecule has 2 atom stereocenters. The fourth-order valence-electron chi connectivity index (χ4n) is 4.99. The van der Waals surface area contributed by atoms with E-state index in [9.17, 15) is 9.59 Å². The fraction of sp³-hybridized carbons (Fsp3) is 0.292. The third-order valence-electron chi connectivity index (χ3n) is 6.38. The van der Waals surface area contributed by atoms with Gasteiger partial charge in [-0.15, -0.1) is 0 Å². The van der Waals surface area contributed by atoms with E-state index in [4.69, 9.17) is 17.3 Å². The molecular weight excluding hydrogens is 460 g/mol. The molecule has 1 saturated heterocycles. The lowest BCUT2D eigenvalue weighted by molar-refractivity contribution is -0.140. The minimum atomic E-state index is -1.07. The molecule has 0 spiro atoms. The predicted molar refractivity (Wildman–Crippen MR) is 136 cm³/mol. The molecule has 3 aliphatic rings. The molecule has 2 unspecified atom stereocenters. The van der Waals surface area contributed by atoms with Gasteiger partial charge in [-0.25, -0.2) is 0 Å². The van der Waals surface area contributed by atoms with Gasteiger partial charge >= 0.3 is 5.97 Å². The number of fused-ring (bicyclic) bond motifs is 3. The first-order chi connectivity index (χ1) is 15.5. The summed E-state index contributed by atoms with van der Waals surface area (Å²) in [6.07, 6.45) is 5.36. The Morgan fingerprint density at radius 3 is 2.72 bits per heavy atom. The maximum Gasteiger partial charge on any atom is 0.323 e. The summed E-state index contributed by atoms with van der Waals surface area (Å²) in [7, 11) is 0. The fourth-order valence-corrected chi connectivity index (χ4v) is 6.45. The molecule has 0 aromatic heterocycles. The van der Waals surface area contributed by atoms with E-state index in [-0.39, 0.29) is 10.2 Å². The van der Waals surface area contributed by atoms with E-state index in [0.717, 1.165) is 40.8 Å². The van der Waals surface area contributed by atoms with Crippen LogP contribution in [0.15, 0.2) is 47.4 Å². The first kappa shape index (κ1) is 21.6. The largest absolute Gasteiger partial charge is 0.480 e. The third-order valence-corrected chi connectivity index (χ3v) is 8.13. The van der Waals surface area contributed by atoms with Crippen LogP contribution in [0.4, 0.5) is 11.4 Å². The number of carboxylic acid groups (broad SMARTS) is 1. The van der Waals surface area contributed by atoms with Crippen LogP contribution in [0.5, 0.6) is 0 Å². The average Bonchev–Trinajstić information content (AvgIpc) is 3.44. The Bertz CT molecular complexity index is 1150. The maximum atomic E-state index is 12.6. The highest BCUT2D eigenvalue weighted by molar-refractivity contribution is 8.26. The van der Waals surface area contributed by atoms with Crippen LogP contribution >= 0.6 is 36.6 Å². The van der Waals surface area contributed by atoms with Crippen molar-refractivity contribution < 1.29 is 14.7 Å². The Balaban J connectivity index is 1.47. The zero-order valence-corrected chi connectivity index (χ0v) is 19.8. The first-order valence-corrected chi connectivity index (χ1v) is 12.4. The van der Waals surface area contributed by atoms with Crippen LogP contribution in [0.2, 0.25) is 0 Å². The number of thiol groups is 1. The molecule has 2 aromatic rings. The van der Waals surface area contributed by atoms with Crippen LogP contribution in [-0.2, 0) is 15.3 Å². The monoisotopic (exact) mass is 482 g/mol. The topological polar surface area (TPSA) is 60.9 Å². The summed E-state index contributed by atoms with van der Waals surface area (Å²) in [6.45, 7) is -0.406. The number of benzene rings is 2. The standard InChI is InChI=1S/C24H22N2O3S3/c27-22(28)12-25-23(29)21(32-24(25)31)11-15-6-9-20-18(10-15)17-2-1-3-19(17)26(20)16-7-4-14(13-30)5-8-16/h4-11,17,19,30H,1-3,12-13H2,(H,27,28)/b21-11+. The van der Waals surface area contributed by atoms with E-state index < -0.39 is 12.5 Å². The van der Waals surface area contributed by atoms with E-state index in [1.54, 1.807) is 0 Å². The van der Waals surface area contributed by atoms with Crippen molar-refractivity contribution in [2.75, 3.05) is 11.4 Å². The van der Waals surface area contributed by atoms with Gasteiger partial charge in [0.15, 0.2) is 0 Å². The quantitative estimate of drug-likeness (QED) is 0.347. The van der Waals surface area contributed by atoms with Crippen molar-refractivity contribution >= 4 is 70.3 Å². The molecule has 2 fully saturated rings. The van der Waals surface area contributed by atoms with Crippen molar-refractivity contribution in [3.63, 3.8) is 0 Å². The van der Waals surface area contributed by atoms with Gasteiger partial charge in [0.2, 0.25) is 0 Å². The second kappa shape index (κ2) is 8.57. The minimum absolute atomic E-state index is 0.288. The number of carbonyl (C=O) groups is 2. The Morgan fingerprint density at radius 2 is 2.00 bits per heavy atom. The lowest BCUT2D eigenvalue weighted by Gasteiger charge is -2.27. The van der Waals surface area contributed by atoms with E-state index in [1.807, 2.05) is 12.1 Å². The summed E-state index contributed by atoms with van der Waals surface area (Å²) in [5.74, 6) is -0.211. The van der Waals surface area contributed by atoms with Gasteiger partial charge in [-0.05, 0) is 59.9 Å². The van der Waals surface area contributed by atoms with Gasteiger partial charge in [0.05, 0.1) is 4.91 Å². The van der Waals surface area contributed by atoms with Crippen molar-refractivity contribution in [3.05, 3.63) is 64.1 Å². The van der Waals surface area contributed by atoms with Crippen LogP contribution in [-0.4, -0.2) is 38.8 Å². The molecule has 1 N–H and O–H groups in total. The Kier molecular flexibility index (Phi) is 5.77. The summed E-state index contributed by atoms with van der Waals surface area (Å²) >= 11 is 10.7. The molecule has 5 nitrogen and oxygen atoms in total. The lowest BCUT2D eigenvalue weighted by atomic mass is 9.96. The molecule has 1 saturated carbocycles. The molecular formula is C24H22N2O3S3. The van der Waals surface area contributed by atoms with E-state index >= 15 is 0 Å². The summed E-state index contributed by atoms with van der Waals surface area (Å²) in [5.41, 5.74) is 5.90. The second-order valence-corrected chi connectivity index (χ2v) is 10.3. The van der Waals surface area contributed by atoms with Gasteiger partial charge in [-0.3, -0.25) is 14.5 Å². The average molecular weight is 483 g/mol. The van der Waals surface area contributed by atoms with Crippen LogP contribution in [0.1, 0.15) is 41.9 Å². The van der Waals surface area contributed by atoms with Crippen molar-refractivity contribution in [1.82, 2.24) is 4.90 Å². The van der Waals surface area contributed by atoms with Gasteiger partial charge in [-0.2, -0.15) is 12.6 Å². The summed E-state index contributed by atoms with van der Waals surface area (Å²) in [5, 5.41) is 9.04. The van der Waals surface area contributed by atoms with Crippen LogP contribution in [0.25, 0.3) is 6.08 Å². The van der Waals surface area contributed by atoms with Gasteiger partial charge in [0, 0.05) is 29.1 Å². The second-order valence-electron chi connectivity index (χ2n) is 8.28. The number of aliphatic carboxylic acids is 1. The Hall–Kier alpha value is -2.29. The number of amides is 1. The van der Waals surface area contributed by atoms with Gasteiger partial charge in [-0.1, -0.05) is 48.6 Å². The van der Waals surface area contributed by atoms with Gasteiger partial charge in [0.25, 0.3) is 5.91 Å². The Labute approximate surface area is 201 Å². The predicted octanol–water partition coefficient (Wildman–Crippen LogP) is 5.19. The number of thiocarbonyl (C=S) groups is 1. The van der Waals surface area contributed by atoms with Crippen molar-refractivity contribution in [3.8, 4) is 0 Å². The highest BCUT2D eigenvalue weighted by atomic mass is 32.2. The van der Waals surface area contributed by atoms with Gasteiger partial charge in [0.1, 0.15) is 10.9 Å². The molecule has 2 aliphatic heterocycles. The molecule has 2 heterocycles.